The maximum Gasteiger partial charge on any atom is 0.115 e. The van der Waals surface area contributed by atoms with Crippen LogP contribution in [0.4, 0.5) is 0 Å². The maximum atomic E-state index is 9.35. The van der Waals surface area contributed by atoms with E-state index >= 15 is 0 Å². The number of hydrogen-bond donors (Lipinski definition) is 1. The fourth-order valence-electron chi connectivity index (χ4n) is 2.74. The van der Waals surface area contributed by atoms with Crippen molar-refractivity contribution in [3.05, 3.63) is 29.8 Å². The average molecular weight is 249 g/mol. The Morgan fingerprint density at radius 1 is 1.39 bits per heavy atom. The summed E-state index contributed by atoms with van der Waals surface area (Å²) in [4.78, 5) is 2.36. The highest BCUT2D eigenvalue weighted by molar-refractivity contribution is 5.28. The van der Waals surface area contributed by atoms with Crippen molar-refractivity contribution in [3.63, 3.8) is 0 Å². The molecule has 1 fully saturated rings. The van der Waals surface area contributed by atoms with Gasteiger partial charge in [0.2, 0.25) is 0 Å². The lowest BCUT2D eigenvalue weighted by Crippen LogP contribution is -2.32. The monoisotopic (exact) mass is 249 g/mol. The molecule has 0 amide bonds. The summed E-state index contributed by atoms with van der Waals surface area (Å²) >= 11 is 0. The van der Waals surface area contributed by atoms with Gasteiger partial charge >= 0.3 is 0 Å². The summed E-state index contributed by atoms with van der Waals surface area (Å²) in [6, 6.07) is 7.94. The second-order valence-electron chi connectivity index (χ2n) is 5.09. The highest BCUT2D eigenvalue weighted by Gasteiger charge is 2.22. The van der Waals surface area contributed by atoms with E-state index in [2.05, 4.69) is 18.9 Å². The SMILES string of the molecule is CCC(c1ccc(O)cc1)N(C)CC1CCCO1. The van der Waals surface area contributed by atoms with E-state index < -0.39 is 0 Å². The van der Waals surface area contributed by atoms with Crippen LogP contribution in [0.25, 0.3) is 0 Å². The van der Waals surface area contributed by atoms with Gasteiger partial charge in [0.15, 0.2) is 0 Å². The molecule has 2 unspecified atom stereocenters. The van der Waals surface area contributed by atoms with E-state index in [-0.39, 0.29) is 0 Å². The first kappa shape index (κ1) is 13.4. The minimum Gasteiger partial charge on any atom is -0.508 e. The second kappa shape index (κ2) is 6.21. The van der Waals surface area contributed by atoms with Gasteiger partial charge in [0.1, 0.15) is 5.75 Å². The Bertz CT molecular complexity index is 357. The number of hydrogen-bond acceptors (Lipinski definition) is 3. The summed E-state index contributed by atoms with van der Waals surface area (Å²) in [6.07, 6.45) is 3.82. The minimum atomic E-state index is 0.329. The van der Waals surface area contributed by atoms with Gasteiger partial charge in [-0.1, -0.05) is 19.1 Å². The summed E-state index contributed by atoms with van der Waals surface area (Å²) in [5.41, 5.74) is 1.26. The van der Waals surface area contributed by atoms with Gasteiger partial charge in [0.25, 0.3) is 0 Å². The molecule has 0 aliphatic carbocycles. The number of ether oxygens (including phenoxy) is 1. The lowest BCUT2D eigenvalue weighted by atomic mass is 10.0. The molecule has 0 radical (unpaired) electrons. The second-order valence-corrected chi connectivity index (χ2v) is 5.09. The van der Waals surface area contributed by atoms with Crippen molar-refractivity contribution in [2.24, 2.45) is 0 Å². The van der Waals surface area contributed by atoms with E-state index in [9.17, 15) is 5.11 Å². The average Bonchev–Trinajstić information content (AvgIpc) is 2.85. The van der Waals surface area contributed by atoms with Crippen LogP contribution < -0.4 is 0 Å². The molecule has 1 aromatic rings. The molecule has 100 valence electrons. The summed E-state index contributed by atoms with van der Waals surface area (Å²) < 4.78 is 5.69. The summed E-state index contributed by atoms with van der Waals surface area (Å²) in [5.74, 6) is 0.329. The number of aromatic hydroxyl groups is 1. The van der Waals surface area contributed by atoms with Crippen molar-refractivity contribution < 1.29 is 9.84 Å². The van der Waals surface area contributed by atoms with Crippen LogP contribution >= 0.6 is 0 Å². The van der Waals surface area contributed by atoms with Crippen LogP contribution in [0.15, 0.2) is 24.3 Å². The first-order chi connectivity index (χ1) is 8.70. The Morgan fingerprint density at radius 2 is 2.11 bits per heavy atom. The van der Waals surface area contributed by atoms with Gasteiger partial charge in [-0.05, 0) is 44.0 Å². The molecule has 2 atom stereocenters. The number of benzene rings is 1. The quantitative estimate of drug-likeness (QED) is 0.871. The van der Waals surface area contributed by atoms with E-state index in [1.807, 2.05) is 12.1 Å². The molecule has 18 heavy (non-hydrogen) atoms. The molecule has 1 heterocycles. The molecule has 0 bridgehead atoms. The molecule has 0 spiro atoms. The van der Waals surface area contributed by atoms with Crippen LogP contribution in [-0.4, -0.2) is 36.3 Å². The van der Waals surface area contributed by atoms with Gasteiger partial charge in [-0.2, -0.15) is 0 Å². The molecule has 3 heteroatoms. The van der Waals surface area contributed by atoms with Gasteiger partial charge in [0.05, 0.1) is 6.10 Å². The zero-order valence-electron chi connectivity index (χ0n) is 11.3. The first-order valence-electron chi connectivity index (χ1n) is 6.81. The van der Waals surface area contributed by atoms with Crippen LogP contribution in [0.5, 0.6) is 5.75 Å². The molecule has 1 aliphatic rings. The van der Waals surface area contributed by atoms with E-state index in [1.54, 1.807) is 12.1 Å². The zero-order valence-corrected chi connectivity index (χ0v) is 11.3. The molecule has 1 aromatic carbocycles. The van der Waals surface area contributed by atoms with Crippen LogP contribution in [0.3, 0.4) is 0 Å². The molecule has 0 saturated carbocycles. The van der Waals surface area contributed by atoms with Crippen LogP contribution in [0, 0.1) is 0 Å². The summed E-state index contributed by atoms with van der Waals surface area (Å²) in [7, 11) is 2.16. The third-order valence-electron chi connectivity index (χ3n) is 3.71. The highest BCUT2D eigenvalue weighted by atomic mass is 16.5. The Morgan fingerprint density at radius 3 is 2.67 bits per heavy atom. The van der Waals surface area contributed by atoms with Crippen molar-refractivity contribution in [3.8, 4) is 5.75 Å². The number of phenols is 1. The predicted octanol–water partition coefficient (Wildman–Crippen LogP) is 2.95. The van der Waals surface area contributed by atoms with Gasteiger partial charge in [-0.3, -0.25) is 4.90 Å². The lowest BCUT2D eigenvalue weighted by Gasteiger charge is -2.29. The molecule has 2 rings (SSSR count). The van der Waals surface area contributed by atoms with Crippen molar-refractivity contribution in [1.82, 2.24) is 4.90 Å². The summed E-state index contributed by atoms with van der Waals surface area (Å²) in [6.45, 7) is 4.09. The van der Waals surface area contributed by atoms with E-state index in [0.29, 0.717) is 17.9 Å². The topological polar surface area (TPSA) is 32.7 Å². The van der Waals surface area contributed by atoms with Gasteiger partial charge in [0, 0.05) is 19.2 Å². The molecule has 0 aromatic heterocycles. The molecular formula is C15H23NO2. The smallest absolute Gasteiger partial charge is 0.115 e. The Labute approximate surface area is 109 Å². The van der Waals surface area contributed by atoms with Crippen LogP contribution in [-0.2, 0) is 4.74 Å². The molecule has 1 aliphatic heterocycles. The van der Waals surface area contributed by atoms with E-state index in [1.165, 1.54) is 18.4 Å². The Kier molecular flexibility index (Phi) is 4.61. The maximum absolute atomic E-state index is 9.35. The highest BCUT2D eigenvalue weighted by Crippen LogP contribution is 2.26. The Hall–Kier alpha value is -1.06. The number of rotatable bonds is 5. The lowest BCUT2D eigenvalue weighted by molar-refractivity contribution is 0.0670. The molecule has 1 saturated heterocycles. The molecule has 3 nitrogen and oxygen atoms in total. The first-order valence-corrected chi connectivity index (χ1v) is 6.81. The van der Waals surface area contributed by atoms with Gasteiger partial charge in [-0.15, -0.1) is 0 Å². The molecular weight excluding hydrogens is 226 g/mol. The number of phenolic OH excluding ortho intramolecular Hbond substituents is 1. The van der Waals surface area contributed by atoms with Gasteiger partial charge < -0.3 is 9.84 Å². The fraction of sp³-hybridized carbons (Fsp3) is 0.600. The number of likely N-dealkylation sites (N-methyl/N-ethyl adjacent to an activating group) is 1. The zero-order chi connectivity index (χ0) is 13.0. The van der Waals surface area contributed by atoms with Gasteiger partial charge in [-0.25, -0.2) is 0 Å². The largest absolute Gasteiger partial charge is 0.508 e. The van der Waals surface area contributed by atoms with Crippen LogP contribution in [0.1, 0.15) is 37.8 Å². The van der Waals surface area contributed by atoms with Crippen molar-refractivity contribution in [2.75, 3.05) is 20.2 Å². The van der Waals surface area contributed by atoms with Crippen molar-refractivity contribution >= 4 is 0 Å². The Balaban J connectivity index is 2.00. The molecule has 1 N–H and O–H groups in total. The van der Waals surface area contributed by atoms with E-state index in [4.69, 9.17) is 4.74 Å². The number of nitrogens with zero attached hydrogens (tertiary/aromatic N) is 1. The fourth-order valence-corrected chi connectivity index (χ4v) is 2.74. The summed E-state index contributed by atoms with van der Waals surface area (Å²) in [5, 5.41) is 9.35. The van der Waals surface area contributed by atoms with Crippen molar-refractivity contribution in [1.29, 1.82) is 0 Å². The normalized spacial score (nSPS) is 21.4. The third-order valence-corrected chi connectivity index (χ3v) is 3.71. The van der Waals surface area contributed by atoms with E-state index in [0.717, 1.165) is 19.6 Å². The third kappa shape index (κ3) is 3.24. The minimum absolute atomic E-state index is 0.329. The van der Waals surface area contributed by atoms with Crippen LogP contribution in [0.2, 0.25) is 0 Å². The predicted molar refractivity (Wildman–Crippen MR) is 72.7 cm³/mol. The standard InChI is InChI=1S/C15H23NO2/c1-3-15(12-6-8-13(17)9-7-12)16(2)11-14-5-4-10-18-14/h6-9,14-15,17H,3-5,10-11H2,1-2H3. The van der Waals surface area contributed by atoms with Crippen molar-refractivity contribution in [2.45, 2.75) is 38.3 Å².